The Balaban J connectivity index is 1.77. The van der Waals surface area contributed by atoms with Gasteiger partial charge in [-0.1, -0.05) is 23.7 Å². The molecule has 2 aromatic heterocycles. The van der Waals surface area contributed by atoms with Gasteiger partial charge < -0.3 is 10.1 Å². The molecule has 0 aliphatic rings. The van der Waals surface area contributed by atoms with Gasteiger partial charge in [-0.3, -0.25) is 9.36 Å². The fourth-order valence-electron chi connectivity index (χ4n) is 2.83. The number of benzene rings is 1. The van der Waals surface area contributed by atoms with Crippen LogP contribution in [0.2, 0.25) is 5.02 Å². The number of nitrogens with one attached hydrogen (secondary N) is 1. The average Bonchev–Trinajstić information content (AvgIpc) is 3.16. The minimum absolute atomic E-state index is 0.0445. The number of carbonyl (C=O) groups is 1. The monoisotopic (exact) mass is 477 g/mol. The van der Waals surface area contributed by atoms with Crippen LogP contribution in [0.25, 0.3) is 5.82 Å². The zero-order valence-corrected chi connectivity index (χ0v) is 16.9. The van der Waals surface area contributed by atoms with Crippen molar-refractivity contribution >= 4 is 17.5 Å². The van der Waals surface area contributed by atoms with Crippen LogP contribution >= 0.6 is 11.6 Å². The van der Waals surface area contributed by atoms with E-state index in [1.165, 1.54) is 35.0 Å². The van der Waals surface area contributed by atoms with Crippen LogP contribution < -0.4 is 10.1 Å². The number of halogens is 7. The second kappa shape index (κ2) is 8.73. The smallest absolute Gasteiger partial charge is 0.406 e. The number of amides is 1. The molecule has 1 aromatic carbocycles. The van der Waals surface area contributed by atoms with Crippen molar-refractivity contribution in [3.05, 3.63) is 76.7 Å². The van der Waals surface area contributed by atoms with Crippen molar-refractivity contribution in [3.8, 4) is 11.6 Å². The predicted octanol–water partition coefficient (Wildman–Crippen LogP) is 5.93. The minimum atomic E-state index is -4.82. The van der Waals surface area contributed by atoms with Gasteiger partial charge in [-0.05, 0) is 42.8 Å². The van der Waals surface area contributed by atoms with Crippen molar-refractivity contribution in [2.24, 2.45) is 0 Å². The lowest BCUT2D eigenvalue weighted by Crippen LogP contribution is -2.28. The number of aromatic nitrogens is 2. The highest BCUT2D eigenvalue weighted by Gasteiger charge is 2.32. The molecule has 3 aromatic rings. The average molecular weight is 478 g/mol. The number of rotatable bonds is 5. The Labute approximate surface area is 182 Å². The highest BCUT2D eigenvalue weighted by Crippen LogP contribution is 2.32. The second-order valence-electron chi connectivity index (χ2n) is 6.60. The van der Waals surface area contributed by atoms with Crippen molar-refractivity contribution in [2.75, 3.05) is 0 Å². The first-order valence-corrected chi connectivity index (χ1v) is 9.30. The Bertz CT molecular complexity index is 1110. The first kappa shape index (κ1) is 23.5. The SMILES string of the molecule is CC(NC(=O)c1cccn1-c1ncc(C(F)(F)F)cc1Cl)c1ccc(OC(F)(F)F)cc1. The summed E-state index contributed by atoms with van der Waals surface area (Å²) in [6, 6.07) is 7.94. The van der Waals surface area contributed by atoms with Gasteiger partial charge in [-0.25, -0.2) is 4.98 Å². The molecule has 170 valence electrons. The maximum absolute atomic E-state index is 12.8. The summed E-state index contributed by atoms with van der Waals surface area (Å²) in [6.07, 6.45) is -7.43. The zero-order valence-electron chi connectivity index (χ0n) is 16.1. The first-order chi connectivity index (χ1) is 14.8. The van der Waals surface area contributed by atoms with Crippen LogP contribution in [-0.4, -0.2) is 21.8 Å². The van der Waals surface area contributed by atoms with Gasteiger partial charge in [0.15, 0.2) is 5.82 Å². The van der Waals surface area contributed by atoms with Crippen molar-refractivity contribution < 1.29 is 35.9 Å². The Morgan fingerprint density at radius 1 is 1.12 bits per heavy atom. The molecule has 1 N–H and O–H groups in total. The molecule has 0 bridgehead atoms. The fourth-order valence-corrected chi connectivity index (χ4v) is 3.08. The van der Waals surface area contributed by atoms with Gasteiger partial charge >= 0.3 is 12.5 Å². The summed E-state index contributed by atoms with van der Waals surface area (Å²) in [5.74, 6) is -1.08. The number of hydrogen-bond donors (Lipinski definition) is 1. The minimum Gasteiger partial charge on any atom is -0.406 e. The molecule has 0 aliphatic carbocycles. The second-order valence-corrected chi connectivity index (χ2v) is 7.01. The lowest BCUT2D eigenvalue weighted by molar-refractivity contribution is -0.274. The van der Waals surface area contributed by atoms with E-state index >= 15 is 0 Å². The summed E-state index contributed by atoms with van der Waals surface area (Å²) in [5.41, 5.74) is -0.490. The summed E-state index contributed by atoms with van der Waals surface area (Å²) < 4.78 is 80.3. The van der Waals surface area contributed by atoms with Crippen LogP contribution in [-0.2, 0) is 6.18 Å². The normalized spacial score (nSPS) is 13.0. The molecule has 12 heteroatoms. The van der Waals surface area contributed by atoms with E-state index in [9.17, 15) is 31.1 Å². The molecule has 5 nitrogen and oxygen atoms in total. The van der Waals surface area contributed by atoms with Crippen LogP contribution in [0.1, 0.15) is 34.6 Å². The lowest BCUT2D eigenvalue weighted by atomic mass is 10.1. The van der Waals surface area contributed by atoms with Crippen LogP contribution in [0.15, 0.2) is 54.9 Å². The molecule has 1 atom stereocenters. The van der Waals surface area contributed by atoms with Crippen molar-refractivity contribution in [1.82, 2.24) is 14.9 Å². The standard InChI is InChI=1S/C20H14ClF6N3O2/c1-11(12-4-6-14(7-5-12)32-20(25,26)27)29-18(31)16-3-2-8-30(16)17-15(21)9-13(10-28-17)19(22,23)24/h2-11H,1H3,(H,29,31). The molecule has 1 unspecified atom stereocenters. The maximum atomic E-state index is 12.8. The molecular formula is C20H14ClF6N3O2. The molecule has 0 fully saturated rings. The highest BCUT2D eigenvalue weighted by molar-refractivity contribution is 6.32. The van der Waals surface area contributed by atoms with Crippen molar-refractivity contribution in [1.29, 1.82) is 0 Å². The van der Waals surface area contributed by atoms with E-state index < -0.39 is 35.8 Å². The van der Waals surface area contributed by atoms with Crippen molar-refractivity contribution in [3.63, 3.8) is 0 Å². The number of ether oxygens (including phenoxy) is 1. The van der Waals surface area contributed by atoms with Gasteiger partial charge in [0.25, 0.3) is 5.91 Å². The van der Waals surface area contributed by atoms with Gasteiger partial charge in [-0.15, -0.1) is 13.2 Å². The van der Waals surface area contributed by atoms with E-state index in [0.29, 0.717) is 17.8 Å². The van der Waals surface area contributed by atoms with Gasteiger partial charge in [0.1, 0.15) is 11.4 Å². The highest BCUT2D eigenvalue weighted by atomic mass is 35.5. The Kier molecular flexibility index (Phi) is 6.40. The van der Waals surface area contributed by atoms with E-state index in [1.54, 1.807) is 6.92 Å². The van der Waals surface area contributed by atoms with Crippen LogP contribution in [0, 0.1) is 0 Å². The third kappa shape index (κ3) is 5.52. The van der Waals surface area contributed by atoms with E-state index in [-0.39, 0.29) is 16.5 Å². The molecule has 0 spiro atoms. The third-order valence-corrected chi connectivity index (χ3v) is 4.60. The number of nitrogens with zero attached hydrogens (tertiary/aromatic N) is 2. The van der Waals surface area contributed by atoms with Crippen LogP contribution in [0.3, 0.4) is 0 Å². The fraction of sp³-hybridized carbons (Fsp3) is 0.200. The summed E-state index contributed by atoms with van der Waals surface area (Å²) in [6.45, 7) is 1.61. The van der Waals surface area contributed by atoms with Gasteiger partial charge in [0, 0.05) is 12.4 Å². The molecule has 1 amide bonds. The largest absolute Gasteiger partial charge is 0.573 e. The van der Waals surface area contributed by atoms with Crippen LogP contribution in [0.4, 0.5) is 26.3 Å². The van der Waals surface area contributed by atoms with Crippen LogP contribution in [0.5, 0.6) is 5.75 Å². The van der Waals surface area contributed by atoms with E-state index in [0.717, 1.165) is 12.1 Å². The molecule has 0 radical (unpaired) electrons. The van der Waals surface area contributed by atoms with Crippen molar-refractivity contribution in [2.45, 2.75) is 25.5 Å². The third-order valence-electron chi connectivity index (χ3n) is 4.32. The Hall–Kier alpha value is -3.21. The first-order valence-electron chi connectivity index (χ1n) is 8.92. The quantitative estimate of drug-likeness (QED) is 0.463. The number of carbonyl (C=O) groups excluding carboxylic acids is 1. The van der Waals surface area contributed by atoms with Gasteiger partial charge in [0.2, 0.25) is 0 Å². The summed E-state index contributed by atoms with van der Waals surface area (Å²) >= 11 is 5.96. The van der Waals surface area contributed by atoms with E-state index in [1.807, 2.05) is 0 Å². The molecule has 3 rings (SSSR count). The van der Waals surface area contributed by atoms with Gasteiger partial charge in [-0.2, -0.15) is 13.2 Å². The summed E-state index contributed by atoms with van der Waals surface area (Å²) in [4.78, 5) is 16.5. The topological polar surface area (TPSA) is 56.2 Å². The Morgan fingerprint density at radius 3 is 2.34 bits per heavy atom. The molecule has 2 heterocycles. The molecule has 32 heavy (non-hydrogen) atoms. The summed E-state index contributed by atoms with van der Waals surface area (Å²) in [7, 11) is 0. The number of pyridine rings is 1. The van der Waals surface area contributed by atoms with Gasteiger partial charge in [0.05, 0.1) is 16.6 Å². The lowest BCUT2D eigenvalue weighted by Gasteiger charge is -2.17. The van der Waals surface area contributed by atoms with E-state index in [2.05, 4.69) is 15.0 Å². The maximum Gasteiger partial charge on any atom is 0.573 e. The summed E-state index contributed by atoms with van der Waals surface area (Å²) in [5, 5.41) is 2.35. The molecule has 0 saturated carbocycles. The predicted molar refractivity (Wildman–Crippen MR) is 103 cm³/mol. The number of hydrogen-bond acceptors (Lipinski definition) is 3. The van der Waals surface area contributed by atoms with E-state index in [4.69, 9.17) is 11.6 Å². The Morgan fingerprint density at radius 2 is 1.78 bits per heavy atom. The zero-order chi connectivity index (χ0) is 23.7. The number of alkyl halides is 6. The molecule has 0 aliphatic heterocycles. The molecular weight excluding hydrogens is 464 g/mol. The molecule has 0 saturated heterocycles.